The monoisotopic (exact) mass is 385 g/mol. The molecule has 27 heavy (non-hydrogen) atoms. The number of nitro benzene ring substituents is 1. The van der Waals surface area contributed by atoms with Crippen molar-refractivity contribution in [1.29, 1.82) is 0 Å². The third kappa shape index (κ3) is 5.57. The van der Waals surface area contributed by atoms with E-state index in [1.165, 1.54) is 18.2 Å². The third-order valence-corrected chi connectivity index (χ3v) is 3.36. The van der Waals surface area contributed by atoms with Gasteiger partial charge in [-0.25, -0.2) is 9.18 Å². The Hall–Kier alpha value is -3.34. The van der Waals surface area contributed by atoms with Gasteiger partial charge < -0.3 is 20.5 Å². The first-order valence-corrected chi connectivity index (χ1v) is 7.48. The summed E-state index contributed by atoms with van der Waals surface area (Å²) in [5.74, 6) is -1.15. The Bertz CT molecular complexity index is 835. The van der Waals surface area contributed by atoms with Crippen molar-refractivity contribution in [2.24, 2.45) is 0 Å². The molecule has 8 nitrogen and oxygen atoms in total. The molecule has 1 unspecified atom stereocenters. The summed E-state index contributed by atoms with van der Waals surface area (Å²) in [6, 6.07) is 7.10. The molecule has 0 bridgehead atoms. The molecule has 0 saturated heterocycles. The maximum Gasteiger partial charge on any atom is 0.387 e. The number of hydrogen-bond donors (Lipinski definition) is 3. The zero-order chi connectivity index (χ0) is 20.0. The zero-order valence-corrected chi connectivity index (χ0v) is 13.6. The Kier molecular flexibility index (Phi) is 6.55. The normalized spacial score (nSPS) is 11.7. The van der Waals surface area contributed by atoms with E-state index in [0.717, 1.165) is 24.3 Å². The van der Waals surface area contributed by atoms with Crippen molar-refractivity contribution in [2.45, 2.75) is 12.7 Å². The number of halogens is 3. The van der Waals surface area contributed by atoms with Crippen molar-refractivity contribution in [3.8, 4) is 5.75 Å². The molecule has 2 rings (SSSR count). The lowest BCUT2D eigenvalue weighted by atomic mass is 10.1. The van der Waals surface area contributed by atoms with E-state index in [-0.39, 0.29) is 11.3 Å². The number of nitro groups is 1. The van der Waals surface area contributed by atoms with Crippen molar-refractivity contribution in [3.63, 3.8) is 0 Å². The van der Waals surface area contributed by atoms with E-state index in [1.807, 2.05) is 0 Å². The van der Waals surface area contributed by atoms with E-state index in [2.05, 4.69) is 15.4 Å². The molecule has 1 atom stereocenters. The number of carbonyl (C=O) groups is 1. The van der Waals surface area contributed by atoms with E-state index in [1.54, 1.807) is 0 Å². The lowest BCUT2D eigenvalue weighted by Crippen LogP contribution is -2.32. The number of aliphatic hydroxyl groups is 1. The topological polar surface area (TPSA) is 114 Å². The molecule has 0 aliphatic heterocycles. The molecule has 0 radical (unpaired) electrons. The van der Waals surface area contributed by atoms with Crippen LogP contribution in [0.5, 0.6) is 5.75 Å². The Morgan fingerprint density at radius 2 is 1.96 bits per heavy atom. The van der Waals surface area contributed by atoms with Gasteiger partial charge in [0.05, 0.1) is 16.7 Å². The van der Waals surface area contributed by atoms with Gasteiger partial charge in [0.1, 0.15) is 11.6 Å². The quantitative estimate of drug-likeness (QED) is 0.500. The fourth-order valence-electron chi connectivity index (χ4n) is 2.14. The van der Waals surface area contributed by atoms with E-state index in [0.29, 0.717) is 0 Å². The van der Waals surface area contributed by atoms with Crippen LogP contribution in [0.1, 0.15) is 11.7 Å². The van der Waals surface area contributed by atoms with Crippen LogP contribution < -0.4 is 15.4 Å². The Morgan fingerprint density at radius 1 is 1.26 bits per heavy atom. The molecule has 0 fully saturated rings. The van der Waals surface area contributed by atoms with Gasteiger partial charge in [-0.15, -0.1) is 0 Å². The van der Waals surface area contributed by atoms with Gasteiger partial charge in [-0.3, -0.25) is 10.1 Å². The number of non-ortho nitro benzene ring substituents is 1. The number of alkyl halides is 2. The predicted molar refractivity (Wildman–Crippen MR) is 88.1 cm³/mol. The minimum Gasteiger partial charge on any atom is -0.433 e. The molecule has 3 N–H and O–H groups in total. The highest BCUT2D eigenvalue weighted by atomic mass is 19.3. The summed E-state index contributed by atoms with van der Waals surface area (Å²) in [5, 5.41) is 25.0. The number of nitrogens with one attached hydrogen (secondary N) is 2. The van der Waals surface area contributed by atoms with Crippen molar-refractivity contribution < 1.29 is 32.7 Å². The van der Waals surface area contributed by atoms with Gasteiger partial charge in [0.25, 0.3) is 5.69 Å². The van der Waals surface area contributed by atoms with Crippen LogP contribution in [0.25, 0.3) is 0 Å². The van der Waals surface area contributed by atoms with E-state index in [9.17, 15) is 33.2 Å². The summed E-state index contributed by atoms with van der Waals surface area (Å²) in [6.45, 7) is -3.61. The van der Waals surface area contributed by atoms with Crippen LogP contribution in [0, 0.1) is 15.9 Å². The predicted octanol–water partition coefficient (Wildman–Crippen LogP) is 3.19. The average molecular weight is 385 g/mol. The van der Waals surface area contributed by atoms with Crippen molar-refractivity contribution in [3.05, 3.63) is 64.0 Å². The molecule has 2 amide bonds. The number of nitrogens with zero attached hydrogens (tertiary/aromatic N) is 1. The minimum absolute atomic E-state index is 0.0464. The molecular weight excluding hydrogens is 371 g/mol. The molecule has 144 valence electrons. The van der Waals surface area contributed by atoms with Crippen molar-refractivity contribution in [2.75, 3.05) is 11.9 Å². The highest BCUT2D eigenvalue weighted by molar-refractivity contribution is 5.91. The summed E-state index contributed by atoms with van der Waals surface area (Å²) in [4.78, 5) is 21.9. The van der Waals surface area contributed by atoms with E-state index < -0.39 is 47.5 Å². The number of benzene rings is 2. The largest absolute Gasteiger partial charge is 0.433 e. The summed E-state index contributed by atoms with van der Waals surface area (Å²) in [5.41, 5.74) is -0.879. The fraction of sp³-hybridized carbons (Fsp3) is 0.188. The van der Waals surface area contributed by atoms with Gasteiger partial charge in [-0.05, 0) is 12.1 Å². The highest BCUT2D eigenvalue weighted by Crippen LogP contribution is 2.30. The second kappa shape index (κ2) is 8.85. The fourth-order valence-corrected chi connectivity index (χ4v) is 2.14. The molecule has 2 aromatic rings. The number of ether oxygens (including phenoxy) is 1. The molecule has 11 heteroatoms. The Balaban J connectivity index is 2.06. The first-order chi connectivity index (χ1) is 12.8. The summed E-state index contributed by atoms with van der Waals surface area (Å²) in [6.07, 6.45) is -1.36. The third-order valence-electron chi connectivity index (χ3n) is 3.36. The second-order valence-corrected chi connectivity index (χ2v) is 5.19. The lowest BCUT2D eigenvalue weighted by Gasteiger charge is -2.15. The van der Waals surface area contributed by atoms with Crippen LogP contribution in [0.3, 0.4) is 0 Å². The zero-order valence-electron chi connectivity index (χ0n) is 13.6. The van der Waals surface area contributed by atoms with Gasteiger partial charge >= 0.3 is 12.6 Å². The molecular formula is C16H14F3N3O5. The first-order valence-electron chi connectivity index (χ1n) is 7.48. The number of hydrogen-bond acceptors (Lipinski definition) is 5. The van der Waals surface area contributed by atoms with Crippen LogP contribution >= 0.6 is 0 Å². The van der Waals surface area contributed by atoms with E-state index in [4.69, 9.17) is 0 Å². The molecule has 0 aromatic heterocycles. The lowest BCUT2D eigenvalue weighted by molar-refractivity contribution is -0.384. The van der Waals surface area contributed by atoms with Gasteiger partial charge in [-0.1, -0.05) is 18.2 Å². The Morgan fingerprint density at radius 3 is 2.59 bits per heavy atom. The number of amides is 2. The number of anilines is 1. The summed E-state index contributed by atoms with van der Waals surface area (Å²) >= 11 is 0. The van der Waals surface area contributed by atoms with Gasteiger partial charge in [0, 0.05) is 24.2 Å². The maximum absolute atomic E-state index is 13.6. The SMILES string of the molecule is O=C(NCC(O)c1ccccc1F)Nc1cc([N+](=O)[O-])ccc1OC(F)F. The van der Waals surface area contributed by atoms with Crippen LogP contribution in [-0.2, 0) is 0 Å². The van der Waals surface area contributed by atoms with Crippen LogP contribution in [0.2, 0.25) is 0 Å². The van der Waals surface area contributed by atoms with Crippen LogP contribution in [0.15, 0.2) is 42.5 Å². The smallest absolute Gasteiger partial charge is 0.387 e. The molecule has 0 aliphatic carbocycles. The van der Waals surface area contributed by atoms with Crippen molar-refractivity contribution >= 4 is 17.4 Å². The van der Waals surface area contributed by atoms with Gasteiger partial charge in [0.15, 0.2) is 0 Å². The summed E-state index contributed by atoms with van der Waals surface area (Å²) < 4.78 is 42.6. The average Bonchev–Trinajstić information content (AvgIpc) is 2.61. The summed E-state index contributed by atoms with van der Waals surface area (Å²) in [7, 11) is 0. The molecule has 0 spiro atoms. The van der Waals surface area contributed by atoms with Crippen molar-refractivity contribution in [1.82, 2.24) is 5.32 Å². The minimum atomic E-state index is -3.21. The maximum atomic E-state index is 13.6. The first kappa shape index (κ1) is 20.0. The number of urea groups is 1. The molecule has 0 aliphatic rings. The highest BCUT2D eigenvalue weighted by Gasteiger charge is 2.18. The second-order valence-electron chi connectivity index (χ2n) is 5.19. The molecule has 0 heterocycles. The standard InChI is InChI=1S/C16H14F3N3O5/c17-11-4-2-1-3-10(11)13(23)8-20-16(24)21-12-7-9(22(25)26)5-6-14(12)27-15(18)19/h1-7,13,15,23H,8H2,(H2,20,21,24). The van der Waals surface area contributed by atoms with Gasteiger partial charge in [-0.2, -0.15) is 8.78 Å². The Labute approximate surface area is 150 Å². The van der Waals surface area contributed by atoms with Crippen LogP contribution in [0.4, 0.5) is 29.3 Å². The van der Waals surface area contributed by atoms with Gasteiger partial charge in [0.2, 0.25) is 0 Å². The number of carbonyl (C=O) groups excluding carboxylic acids is 1. The molecule has 0 saturated carbocycles. The van der Waals surface area contributed by atoms with Crippen LogP contribution in [-0.4, -0.2) is 29.2 Å². The number of rotatable bonds is 7. The van der Waals surface area contributed by atoms with E-state index >= 15 is 0 Å². The molecule has 2 aromatic carbocycles. The number of aliphatic hydroxyl groups excluding tert-OH is 1.